The van der Waals surface area contributed by atoms with Crippen LogP contribution in [0.4, 0.5) is 0 Å². The second kappa shape index (κ2) is 10.3. The molecular formula is C19H30N4O4. The van der Waals surface area contributed by atoms with Crippen molar-refractivity contribution in [2.45, 2.75) is 25.4 Å². The summed E-state index contributed by atoms with van der Waals surface area (Å²) in [7, 11) is 1.79. The predicted molar refractivity (Wildman–Crippen MR) is 102 cm³/mol. The molecule has 8 heteroatoms. The highest BCUT2D eigenvalue weighted by Crippen LogP contribution is 2.11. The van der Waals surface area contributed by atoms with Gasteiger partial charge in [0.15, 0.2) is 11.7 Å². The van der Waals surface area contributed by atoms with E-state index in [1.807, 2.05) is 4.90 Å². The van der Waals surface area contributed by atoms with Gasteiger partial charge in [-0.1, -0.05) is 0 Å². The van der Waals surface area contributed by atoms with E-state index >= 15 is 0 Å². The molecule has 2 aliphatic rings. The van der Waals surface area contributed by atoms with Gasteiger partial charge in [-0.05, 0) is 31.4 Å². The molecule has 2 fully saturated rings. The summed E-state index contributed by atoms with van der Waals surface area (Å²) >= 11 is 0. The molecule has 0 aromatic carbocycles. The average Bonchev–Trinajstić information content (AvgIpc) is 3.26. The Morgan fingerprint density at radius 1 is 1.26 bits per heavy atom. The Morgan fingerprint density at radius 2 is 2.00 bits per heavy atom. The molecule has 0 radical (unpaired) electrons. The molecule has 1 aromatic rings. The largest absolute Gasteiger partial charge is 0.459 e. The first-order valence-corrected chi connectivity index (χ1v) is 9.75. The molecule has 27 heavy (non-hydrogen) atoms. The van der Waals surface area contributed by atoms with Crippen LogP contribution >= 0.6 is 0 Å². The van der Waals surface area contributed by atoms with E-state index in [9.17, 15) is 4.79 Å². The van der Waals surface area contributed by atoms with E-state index in [-0.39, 0.29) is 5.91 Å². The van der Waals surface area contributed by atoms with E-state index in [1.165, 1.54) is 6.26 Å². The smallest absolute Gasteiger partial charge is 0.289 e. The third-order valence-electron chi connectivity index (χ3n) is 4.94. The quantitative estimate of drug-likeness (QED) is 0.455. The fourth-order valence-electron chi connectivity index (χ4n) is 3.37. The SMILES string of the molecule is CN=C(NCCCOC1CCOCC1)N1CCN(C(=O)c2ccco2)CC1. The van der Waals surface area contributed by atoms with Gasteiger partial charge >= 0.3 is 0 Å². The van der Waals surface area contributed by atoms with Gasteiger partial charge in [0.2, 0.25) is 0 Å². The van der Waals surface area contributed by atoms with Crippen molar-refractivity contribution in [3.05, 3.63) is 24.2 Å². The fraction of sp³-hybridized carbons (Fsp3) is 0.684. The van der Waals surface area contributed by atoms with Crippen molar-refractivity contribution in [1.29, 1.82) is 0 Å². The minimum absolute atomic E-state index is 0.0483. The summed E-state index contributed by atoms with van der Waals surface area (Å²) in [6.07, 6.45) is 4.80. The second-order valence-electron chi connectivity index (χ2n) is 6.77. The van der Waals surface area contributed by atoms with E-state index < -0.39 is 0 Å². The molecule has 0 spiro atoms. The van der Waals surface area contributed by atoms with Gasteiger partial charge in [-0.15, -0.1) is 0 Å². The fourth-order valence-corrected chi connectivity index (χ4v) is 3.37. The first-order valence-electron chi connectivity index (χ1n) is 9.75. The average molecular weight is 378 g/mol. The number of amides is 1. The number of piperazine rings is 1. The number of nitrogens with zero attached hydrogens (tertiary/aromatic N) is 3. The Balaban J connectivity index is 1.33. The lowest BCUT2D eigenvalue weighted by molar-refractivity contribution is -0.0320. The van der Waals surface area contributed by atoms with Crippen LogP contribution in [0.25, 0.3) is 0 Å². The first-order chi connectivity index (χ1) is 13.3. The van der Waals surface area contributed by atoms with Gasteiger partial charge in [-0.3, -0.25) is 9.79 Å². The third-order valence-corrected chi connectivity index (χ3v) is 4.94. The van der Waals surface area contributed by atoms with Gasteiger partial charge in [0, 0.05) is 59.6 Å². The zero-order chi connectivity index (χ0) is 18.9. The third kappa shape index (κ3) is 5.71. The molecule has 0 atom stereocenters. The van der Waals surface area contributed by atoms with Gasteiger partial charge in [0.05, 0.1) is 12.4 Å². The first kappa shape index (κ1) is 19.7. The maximum Gasteiger partial charge on any atom is 0.289 e. The van der Waals surface area contributed by atoms with Gasteiger partial charge in [0.1, 0.15) is 0 Å². The van der Waals surface area contributed by atoms with E-state index in [0.29, 0.717) is 25.0 Å². The summed E-state index contributed by atoms with van der Waals surface area (Å²) < 4.78 is 16.4. The van der Waals surface area contributed by atoms with Gasteiger partial charge in [-0.2, -0.15) is 0 Å². The maximum atomic E-state index is 12.3. The number of nitrogens with one attached hydrogen (secondary N) is 1. The Bertz CT molecular complexity index is 591. The van der Waals surface area contributed by atoms with E-state index in [4.69, 9.17) is 13.9 Å². The number of hydrogen-bond donors (Lipinski definition) is 1. The molecule has 0 bridgehead atoms. The van der Waals surface area contributed by atoms with Crippen LogP contribution in [0.5, 0.6) is 0 Å². The van der Waals surface area contributed by atoms with Crippen molar-refractivity contribution < 1.29 is 18.7 Å². The summed E-state index contributed by atoms with van der Waals surface area (Å²) in [5.74, 6) is 1.23. The molecule has 1 aromatic heterocycles. The van der Waals surface area contributed by atoms with E-state index in [2.05, 4.69) is 15.2 Å². The lowest BCUT2D eigenvalue weighted by atomic mass is 10.1. The monoisotopic (exact) mass is 378 g/mol. The highest BCUT2D eigenvalue weighted by molar-refractivity contribution is 5.91. The summed E-state index contributed by atoms with van der Waals surface area (Å²) in [6.45, 7) is 6.02. The van der Waals surface area contributed by atoms with Crippen LogP contribution in [0.3, 0.4) is 0 Å². The summed E-state index contributed by atoms with van der Waals surface area (Å²) in [5, 5.41) is 3.40. The lowest BCUT2D eigenvalue weighted by Crippen LogP contribution is -2.53. The summed E-state index contributed by atoms with van der Waals surface area (Å²) in [6, 6.07) is 3.44. The van der Waals surface area contributed by atoms with Crippen LogP contribution in [0, 0.1) is 0 Å². The highest BCUT2D eigenvalue weighted by atomic mass is 16.5. The van der Waals surface area contributed by atoms with Crippen molar-refractivity contribution in [1.82, 2.24) is 15.1 Å². The molecule has 1 N–H and O–H groups in total. The molecule has 2 aliphatic heterocycles. The van der Waals surface area contributed by atoms with Crippen LogP contribution in [0.15, 0.2) is 27.8 Å². The molecule has 1 amide bonds. The Morgan fingerprint density at radius 3 is 2.67 bits per heavy atom. The number of aliphatic imine (C=N–C) groups is 1. The summed E-state index contributed by atoms with van der Waals surface area (Å²) in [5.41, 5.74) is 0. The molecule has 150 valence electrons. The standard InChI is InChI=1S/C19H30N4O4/c1-20-19(21-7-3-13-26-16-5-14-25-15-6-16)23-10-8-22(9-11-23)18(24)17-4-2-12-27-17/h2,4,12,16H,3,5-11,13-15H2,1H3,(H,20,21). The number of rotatable bonds is 6. The molecule has 3 rings (SSSR count). The predicted octanol–water partition coefficient (Wildman–Crippen LogP) is 1.20. The number of carbonyl (C=O) groups excluding carboxylic acids is 1. The van der Waals surface area contributed by atoms with Crippen LogP contribution < -0.4 is 5.32 Å². The van der Waals surface area contributed by atoms with Crippen molar-refractivity contribution in [2.24, 2.45) is 4.99 Å². The van der Waals surface area contributed by atoms with Crippen LogP contribution in [0.2, 0.25) is 0 Å². The molecule has 0 unspecified atom stereocenters. The topological polar surface area (TPSA) is 79.5 Å². The lowest BCUT2D eigenvalue weighted by Gasteiger charge is -2.36. The normalized spacial score (nSPS) is 19.4. The van der Waals surface area contributed by atoms with Crippen molar-refractivity contribution in [3.63, 3.8) is 0 Å². The van der Waals surface area contributed by atoms with Gasteiger partial charge in [0.25, 0.3) is 5.91 Å². The van der Waals surface area contributed by atoms with Crippen molar-refractivity contribution >= 4 is 11.9 Å². The number of furan rings is 1. The Hall–Kier alpha value is -2.06. The van der Waals surface area contributed by atoms with Crippen LogP contribution in [-0.4, -0.2) is 87.4 Å². The molecule has 0 aliphatic carbocycles. The molecular weight excluding hydrogens is 348 g/mol. The van der Waals surface area contributed by atoms with Crippen molar-refractivity contribution in [2.75, 3.05) is 59.6 Å². The Labute approximate surface area is 160 Å². The second-order valence-corrected chi connectivity index (χ2v) is 6.77. The Kier molecular flexibility index (Phi) is 7.53. The number of ether oxygens (including phenoxy) is 2. The summed E-state index contributed by atoms with van der Waals surface area (Å²) in [4.78, 5) is 20.7. The molecule has 2 saturated heterocycles. The van der Waals surface area contributed by atoms with Gasteiger partial charge < -0.3 is 29.0 Å². The van der Waals surface area contributed by atoms with Gasteiger partial charge in [-0.25, -0.2) is 0 Å². The maximum absolute atomic E-state index is 12.3. The van der Waals surface area contributed by atoms with Crippen molar-refractivity contribution in [3.8, 4) is 0 Å². The number of hydrogen-bond acceptors (Lipinski definition) is 5. The molecule has 0 saturated carbocycles. The van der Waals surface area contributed by atoms with Crippen LogP contribution in [-0.2, 0) is 9.47 Å². The molecule has 8 nitrogen and oxygen atoms in total. The number of carbonyl (C=O) groups is 1. The van der Waals surface area contributed by atoms with E-state index in [0.717, 1.165) is 64.7 Å². The van der Waals surface area contributed by atoms with Crippen LogP contribution in [0.1, 0.15) is 29.8 Å². The van der Waals surface area contributed by atoms with E-state index in [1.54, 1.807) is 19.2 Å². The zero-order valence-electron chi connectivity index (χ0n) is 16.1. The highest BCUT2D eigenvalue weighted by Gasteiger charge is 2.25. The molecule has 3 heterocycles. The number of guanidine groups is 1. The zero-order valence-corrected chi connectivity index (χ0v) is 16.1. The minimum Gasteiger partial charge on any atom is -0.459 e. The minimum atomic E-state index is -0.0483.